The van der Waals surface area contributed by atoms with Gasteiger partial charge in [0.05, 0.1) is 6.61 Å². The maximum atomic E-state index is 12.8. The normalized spacial score (nSPS) is 27.0. The molecule has 0 spiro atoms. The summed E-state index contributed by atoms with van der Waals surface area (Å²) in [6, 6.07) is 1.25. The number of rotatable bonds is 9. The van der Waals surface area contributed by atoms with Crippen LogP contribution in [0.15, 0.2) is 21.9 Å². The van der Waals surface area contributed by atoms with Gasteiger partial charge < -0.3 is 27.2 Å². The van der Waals surface area contributed by atoms with Crippen LogP contribution in [0.5, 0.6) is 0 Å². The van der Waals surface area contributed by atoms with E-state index in [1.54, 1.807) is 6.92 Å². The third kappa shape index (κ3) is 5.93. The van der Waals surface area contributed by atoms with E-state index in [-0.39, 0.29) is 42.0 Å². The zero-order valence-corrected chi connectivity index (χ0v) is 26.0. The summed E-state index contributed by atoms with van der Waals surface area (Å²) in [6.07, 6.45) is -1.46. The van der Waals surface area contributed by atoms with Gasteiger partial charge in [-0.15, -0.1) is 0 Å². The first-order valence-electron chi connectivity index (χ1n) is 13.5. The maximum Gasteiger partial charge on any atom is 0.335 e. The van der Waals surface area contributed by atoms with E-state index in [1.807, 2.05) is 0 Å². The summed E-state index contributed by atoms with van der Waals surface area (Å²) in [5.41, 5.74) is -0.700. The van der Waals surface area contributed by atoms with Crippen LogP contribution in [0.2, 0.25) is 22.2 Å². The van der Waals surface area contributed by atoms with E-state index < -0.39 is 58.9 Å². The second-order valence-electron chi connectivity index (χ2n) is 11.3. The van der Waals surface area contributed by atoms with Gasteiger partial charge in [0.15, 0.2) is 13.0 Å². The van der Waals surface area contributed by atoms with Gasteiger partial charge in [-0.05, 0) is 22.2 Å². The Morgan fingerprint density at radius 2 is 1.66 bits per heavy atom. The minimum atomic E-state index is -3.01. The molecule has 3 rings (SSSR count). The van der Waals surface area contributed by atoms with Crippen molar-refractivity contribution in [2.24, 2.45) is 0 Å². The van der Waals surface area contributed by atoms with E-state index in [9.17, 15) is 14.4 Å². The summed E-state index contributed by atoms with van der Waals surface area (Å²) < 4.78 is 40.1. The van der Waals surface area contributed by atoms with Crippen LogP contribution in [-0.2, 0) is 32.0 Å². The first-order valence-corrected chi connectivity index (χ1v) is 17.5. The summed E-state index contributed by atoms with van der Waals surface area (Å²) in [4.78, 5) is 38.6. The van der Waals surface area contributed by atoms with Gasteiger partial charge >= 0.3 is 28.8 Å². The highest BCUT2D eigenvalue weighted by molar-refractivity contribution is 6.84. The molecule has 2 saturated heterocycles. The Bertz CT molecular complexity index is 1060. The van der Waals surface area contributed by atoms with Gasteiger partial charge in [0.25, 0.3) is 5.56 Å². The first kappa shape index (κ1) is 30.9. The van der Waals surface area contributed by atoms with Crippen LogP contribution in [0, 0.1) is 0 Å². The van der Waals surface area contributed by atoms with Crippen molar-refractivity contribution in [2.75, 3.05) is 13.4 Å². The number of fused-ring (bicyclic) bond motifs is 1. The molecule has 0 aliphatic carbocycles. The standard InChI is InChI=1S/C25H44N2O9Si2/c1-10-21(29)31-14-32-23-22-19(34-24(23)27-12-11-20(28)26-25(27)30)13-33-37(15(2)3,16(4)5)36-38(35-22,17(6)7)18(8)9/h11-12,15-19,22-24H,10,13-14H2,1-9H3,(H,26,28,30)/t19-,22-,23-,24-/m1/s1. The van der Waals surface area contributed by atoms with Crippen molar-refractivity contribution in [1.82, 2.24) is 9.55 Å². The summed E-state index contributed by atoms with van der Waals surface area (Å²) in [6.45, 7) is 18.5. The van der Waals surface area contributed by atoms with Gasteiger partial charge in [-0.1, -0.05) is 62.3 Å². The summed E-state index contributed by atoms with van der Waals surface area (Å²) in [7, 11) is -5.80. The average molecular weight is 573 g/mol. The Morgan fingerprint density at radius 3 is 2.18 bits per heavy atom. The molecule has 0 aromatic carbocycles. The van der Waals surface area contributed by atoms with E-state index in [4.69, 9.17) is 27.2 Å². The van der Waals surface area contributed by atoms with Gasteiger partial charge in [0.1, 0.15) is 18.3 Å². The number of nitrogens with zero attached hydrogens (tertiary/aromatic N) is 1. The largest absolute Gasteiger partial charge is 0.438 e. The first-order chi connectivity index (χ1) is 17.8. The van der Waals surface area contributed by atoms with Gasteiger partial charge in [0, 0.05) is 18.7 Å². The minimum Gasteiger partial charge on any atom is -0.438 e. The highest BCUT2D eigenvalue weighted by atomic mass is 28.5. The highest BCUT2D eigenvalue weighted by Gasteiger charge is 2.62. The van der Waals surface area contributed by atoms with Crippen molar-refractivity contribution < 1.29 is 32.0 Å². The van der Waals surface area contributed by atoms with Crippen LogP contribution >= 0.6 is 0 Å². The van der Waals surface area contributed by atoms with E-state index >= 15 is 0 Å². The lowest BCUT2D eigenvalue weighted by Gasteiger charge is -2.51. The number of nitrogens with one attached hydrogen (secondary N) is 1. The Hall–Kier alpha value is -1.62. The lowest BCUT2D eigenvalue weighted by Crippen LogP contribution is -2.66. The molecule has 0 bridgehead atoms. The second-order valence-corrected chi connectivity index (χ2v) is 20.1. The fourth-order valence-electron chi connectivity index (χ4n) is 5.43. The molecular formula is C25H44N2O9Si2. The Labute approximate surface area is 226 Å². The number of hydrogen-bond donors (Lipinski definition) is 1. The van der Waals surface area contributed by atoms with Gasteiger partial charge in [-0.2, -0.15) is 0 Å². The Kier molecular flexibility index (Phi) is 9.99. The Morgan fingerprint density at radius 1 is 1.05 bits per heavy atom. The molecule has 2 aliphatic rings. The van der Waals surface area contributed by atoms with E-state index in [0.717, 1.165) is 0 Å². The van der Waals surface area contributed by atoms with E-state index in [1.165, 1.54) is 16.8 Å². The number of aromatic nitrogens is 2. The lowest BCUT2D eigenvalue weighted by atomic mass is 10.1. The third-order valence-corrected chi connectivity index (χ3v) is 17.8. The summed E-state index contributed by atoms with van der Waals surface area (Å²) in [5.74, 6) is -0.416. The molecule has 0 saturated carbocycles. The highest BCUT2D eigenvalue weighted by Crippen LogP contribution is 2.48. The molecular weight excluding hydrogens is 528 g/mol. The fourth-order valence-corrected chi connectivity index (χ4v) is 16.6. The number of carbonyl (C=O) groups excluding carboxylic acids is 1. The zero-order chi connectivity index (χ0) is 28.4. The minimum absolute atomic E-state index is 0.0719. The number of hydrogen-bond acceptors (Lipinski definition) is 9. The van der Waals surface area contributed by atoms with E-state index in [0.29, 0.717) is 0 Å². The molecule has 38 heavy (non-hydrogen) atoms. The monoisotopic (exact) mass is 572 g/mol. The predicted octanol–water partition coefficient (Wildman–Crippen LogP) is 3.69. The van der Waals surface area contributed by atoms with Crippen LogP contribution in [-0.4, -0.2) is 64.4 Å². The molecule has 1 aromatic heterocycles. The van der Waals surface area contributed by atoms with Crippen molar-refractivity contribution in [3.63, 3.8) is 0 Å². The van der Waals surface area contributed by atoms with Gasteiger partial charge in [0.2, 0.25) is 0 Å². The number of carbonyl (C=O) groups is 1. The van der Waals surface area contributed by atoms with Gasteiger partial charge in [-0.25, -0.2) is 4.79 Å². The van der Waals surface area contributed by atoms with Crippen LogP contribution in [0.4, 0.5) is 0 Å². The van der Waals surface area contributed by atoms with E-state index in [2.05, 4.69) is 60.4 Å². The van der Waals surface area contributed by atoms with Crippen LogP contribution < -0.4 is 11.2 Å². The Balaban J connectivity index is 2.11. The molecule has 0 unspecified atom stereocenters. The van der Waals surface area contributed by atoms with Crippen molar-refractivity contribution >= 4 is 23.1 Å². The second kappa shape index (κ2) is 12.3. The molecule has 3 heterocycles. The third-order valence-electron chi connectivity index (χ3n) is 7.51. The molecule has 4 atom stereocenters. The topological polar surface area (TPSA) is 127 Å². The van der Waals surface area contributed by atoms with Crippen molar-refractivity contribution in [1.29, 1.82) is 0 Å². The average Bonchev–Trinajstić information content (AvgIpc) is 3.14. The van der Waals surface area contributed by atoms with Crippen molar-refractivity contribution in [3.8, 4) is 0 Å². The van der Waals surface area contributed by atoms with Crippen molar-refractivity contribution in [2.45, 2.75) is 115 Å². The molecule has 216 valence electrons. The molecule has 1 aromatic rings. The maximum absolute atomic E-state index is 12.8. The molecule has 0 radical (unpaired) electrons. The summed E-state index contributed by atoms with van der Waals surface area (Å²) >= 11 is 0. The SMILES string of the molecule is CCC(=O)OCO[C@@H]1[C@@H]2O[Si](C(C)C)(C(C)C)O[Si](C(C)C)(C(C)C)OC[C@H]2O[C@H]1n1ccc(=O)[nH]c1=O. The fraction of sp³-hybridized carbons (Fsp3) is 0.800. The predicted molar refractivity (Wildman–Crippen MR) is 145 cm³/mol. The van der Waals surface area contributed by atoms with Crippen LogP contribution in [0.25, 0.3) is 0 Å². The van der Waals surface area contributed by atoms with Crippen LogP contribution in [0.1, 0.15) is 75.0 Å². The molecule has 1 N–H and O–H groups in total. The number of aromatic amines is 1. The molecule has 2 aliphatic heterocycles. The zero-order valence-electron chi connectivity index (χ0n) is 24.0. The molecule has 0 amide bonds. The quantitative estimate of drug-likeness (QED) is 0.268. The lowest BCUT2D eigenvalue weighted by molar-refractivity contribution is -0.170. The molecule has 13 heteroatoms. The number of esters is 1. The summed E-state index contributed by atoms with van der Waals surface area (Å²) in [5, 5.41) is 0. The number of H-pyrrole nitrogens is 1. The van der Waals surface area contributed by atoms with Gasteiger partial charge in [-0.3, -0.25) is 19.1 Å². The molecule has 11 nitrogen and oxygen atoms in total. The van der Waals surface area contributed by atoms with Crippen molar-refractivity contribution in [3.05, 3.63) is 33.1 Å². The smallest absolute Gasteiger partial charge is 0.335 e. The number of ether oxygens (including phenoxy) is 3. The molecule has 2 fully saturated rings. The van der Waals surface area contributed by atoms with Crippen LogP contribution in [0.3, 0.4) is 0 Å².